The summed E-state index contributed by atoms with van der Waals surface area (Å²) in [5.74, 6) is 5.01. The van der Waals surface area contributed by atoms with Crippen molar-refractivity contribution in [1.29, 1.82) is 0 Å². The zero-order valence-electron chi connectivity index (χ0n) is 9.31. The van der Waals surface area contributed by atoms with Crippen LogP contribution >= 0.6 is 0 Å². The summed E-state index contributed by atoms with van der Waals surface area (Å²) in [7, 11) is 1.82. The van der Waals surface area contributed by atoms with Crippen LogP contribution < -0.4 is 5.84 Å². The van der Waals surface area contributed by atoms with Gasteiger partial charge >= 0.3 is 0 Å². The second-order valence-electron chi connectivity index (χ2n) is 3.46. The summed E-state index contributed by atoms with van der Waals surface area (Å²) in [4.78, 5) is 6.01. The fourth-order valence-corrected chi connectivity index (χ4v) is 1.24. The summed E-state index contributed by atoms with van der Waals surface area (Å²) < 4.78 is 0. The number of benzene rings is 1. The molecule has 0 saturated heterocycles. The standard InChI is InChI=1S/C11H16N4/c1-9-4-5-11(10(2)6-9)13-7-15(3)8-14-12/h4-8H,12H2,1-3H3. The second kappa shape index (κ2) is 5.14. The summed E-state index contributed by atoms with van der Waals surface area (Å²) in [6.45, 7) is 4.10. The van der Waals surface area contributed by atoms with Gasteiger partial charge in [0.05, 0.1) is 12.0 Å². The van der Waals surface area contributed by atoms with Gasteiger partial charge in [-0.05, 0) is 25.5 Å². The van der Waals surface area contributed by atoms with Crippen molar-refractivity contribution in [2.45, 2.75) is 13.8 Å². The number of nitrogens with zero attached hydrogens (tertiary/aromatic N) is 3. The number of hydrogen-bond donors (Lipinski definition) is 1. The van der Waals surface area contributed by atoms with Crippen molar-refractivity contribution >= 4 is 18.4 Å². The van der Waals surface area contributed by atoms with Crippen LogP contribution in [0.1, 0.15) is 11.1 Å². The van der Waals surface area contributed by atoms with Gasteiger partial charge in [0.2, 0.25) is 0 Å². The molecule has 1 aromatic rings. The molecule has 0 aliphatic rings. The molecule has 80 valence electrons. The van der Waals surface area contributed by atoms with E-state index in [0.717, 1.165) is 11.3 Å². The molecule has 0 aromatic heterocycles. The van der Waals surface area contributed by atoms with Crippen LogP contribution in [0.25, 0.3) is 0 Å². The van der Waals surface area contributed by atoms with E-state index in [2.05, 4.69) is 23.1 Å². The van der Waals surface area contributed by atoms with E-state index in [0.29, 0.717) is 0 Å². The smallest absolute Gasteiger partial charge is 0.115 e. The van der Waals surface area contributed by atoms with Gasteiger partial charge < -0.3 is 10.7 Å². The fourth-order valence-electron chi connectivity index (χ4n) is 1.24. The lowest BCUT2D eigenvalue weighted by Crippen LogP contribution is -2.13. The Hall–Kier alpha value is -1.84. The third-order valence-corrected chi connectivity index (χ3v) is 1.98. The first-order valence-electron chi connectivity index (χ1n) is 4.70. The van der Waals surface area contributed by atoms with Gasteiger partial charge in [0.1, 0.15) is 6.34 Å². The minimum atomic E-state index is 0.956. The van der Waals surface area contributed by atoms with Crippen LogP contribution in [0.15, 0.2) is 28.3 Å². The van der Waals surface area contributed by atoms with Crippen LogP contribution in [-0.2, 0) is 0 Å². The molecule has 0 unspecified atom stereocenters. The quantitative estimate of drug-likeness (QED) is 0.353. The van der Waals surface area contributed by atoms with E-state index in [-0.39, 0.29) is 0 Å². The molecule has 0 saturated carbocycles. The molecule has 0 atom stereocenters. The predicted molar refractivity (Wildman–Crippen MR) is 64.5 cm³/mol. The van der Waals surface area contributed by atoms with E-state index in [1.807, 2.05) is 26.1 Å². The Balaban J connectivity index is 2.80. The molecular formula is C11H16N4. The molecule has 0 amide bonds. The van der Waals surface area contributed by atoms with Gasteiger partial charge in [0.15, 0.2) is 0 Å². The van der Waals surface area contributed by atoms with Crippen LogP contribution in [0.2, 0.25) is 0 Å². The van der Waals surface area contributed by atoms with Crippen LogP contribution in [0.5, 0.6) is 0 Å². The van der Waals surface area contributed by atoms with Gasteiger partial charge in [-0.3, -0.25) is 0 Å². The highest BCUT2D eigenvalue weighted by Gasteiger charge is 1.95. The van der Waals surface area contributed by atoms with E-state index in [9.17, 15) is 0 Å². The Morgan fingerprint density at radius 3 is 2.60 bits per heavy atom. The van der Waals surface area contributed by atoms with Crippen molar-refractivity contribution in [3.63, 3.8) is 0 Å². The van der Waals surface area contributed by atoms with Crippen molar-refractivity contribution in [2.75, 3.05) is 7.05 Å². The van der Waals surface area contributed by atoms with Crippen molar-refractivity contribution in [3.05, 3.63) is 29.3 Å². The third-order valence-electron chi connectivity index (χ3n) is 1.98. The zero-order chi connectivity index (χ0) is 11.3. The van der Waals surface area contributed by atoms with E-state index in [1.165, 1.54) is 11.9 Å². The molecule has 0 spiro atoms. The number of hydrogen-bond acceptors (Lipinski definition) is 3. The maximum absolute atomic E-state index is 5.01. The Labute approximate surface area is 90.1 Å². The first-order chi connectivity index (χ1) is 7.13. The lowest BCUT2D eigenvalue weighted by Gasteiger charge is -2.05. The molecular weight excluding hydrogens is 188 g/mol. The molecule has 0 bridgehead atoms. The Morgan fingerprint density at radius 1 is 1.27 bits per heavy atom. The lowest BCUT2D eigenvalue weighted by atomic mass is 10.1. The van der Waals surface area contributed by atoms with Crippen LogP contribution in [0.3, 0.4) is 0 Å². The van der Waals surface area contributed by atoms with Crippen molar-refractivity contribution in [3.8, 4) is 0 Å². The molecule has 15 heavy (non-hydrogen) atoms. The number of aliphatic imine (C=N–C) groups is 1. The van der Waals surface area contributed by atoms with Crippen LogP contribution in [0.4, 0.5) is 5.69 Å². The molecule has 2 N–H and O–H groups in total. The first kappa shape index (κ1) is 11.2. The molecule has 1 rings (SSSR count). The van der Waals surface area contributed by atoms with Gasteiger partial charge in [-0.25, -0.2) is 4.99 Å². The fraction of sp³-hybridized carbons (Fsp3) is 0.273. The van der Waals surface area contributed by atoms with Crippen LogP contribution in [-0.4, -0.2) is 24.6 Å². The summed E-state index contributed by atoms with van der Waals surface area (Å²) in [5.41, 5.74) is 3.35. The summed E-state index contributed by atoms with van der Waals surface area (Å²) in [6, 6.07) is 6.13. The summed E-state index contributed by atoms with van der Waals surface area (Å²) in [6.07, 6.45) is 3.17. The molecule has 0 aliphatic carbocycles. The zero-order valence-corrected chi connectivity index (χ0v) is 9.31. The molecule has 0 aliphatic heterocycles. The molecule has 4 heteroatoms. The lowest BCUT2D eigenvalue weighted by molar-refractivity contribution is 0.795. The second-order valence-corrected chi connectivity index (χ2v) is 3.46. The minimum Gasteiger partial charge on any atom is -0.325 e. The Kier molecular flexibility index (Phi) is 3.85. The van der Waals surface area contributed by atoms with Crippen LogP contribution in [0, 0.1) is 13.8 Å². The topological polar surface area (TPSA) is 54.0 Å². The molecule has 0 radical (unpaired) electrons. The maximum Gasteiger partial charge on any atom is 0.115 e. The largest absolute Gasteiger partial charge is 0.325 e. The van der Waals surface area contributed by atoms with Gasteiger partial charge in [0, 0.05) is 7.05 Å². The highest BCUT2D eigenvalue weighted by Crippen LogP contribution is 2.18. The maximum atomic E-state index is 5.01. The number of rotatable bonds is 3. The molecule has 0 heterocycles. The van der Waals surface area contributed by atoms with Crippen molar-refractivity contribution in [1.82, 2.24) is 4.90 Å². The number of hydrazone groups is 1. The molecule has 0 fully saturated rings. The molecule has 1 aromatic carbocycles. The van der Waals surface area contributed by atoms with Gasteiger partial charge in [-0.2, -0.15) is 5.10 Å². The normalized spacial score (nSPS) is 11.4. The monoisotopic (exact) mass is 204 g/mol. The average Bonchev–Trinajstić information content (AvgIpc) is 2.17. The van der Waals surface area contributed by atoms with Gasteiger partial charge in [0.25, 0.3) is 0 Å². The number of nitrogens with two attached hydrogens (primary N) is 1. The molecule has 4 nitrogen and oxygen atoms in total. The van der Waals surface area contributed by atoms with E-state index < -0.39 is 0 Å². The predicted octanol–water partition coefficient (Wildman–Crippen LogP) is 1.80. The van der Waals surface area contributed by atoms with E-state index in [1.54, 1.807) is 11.2 Å². The SMILES string of the molecule is Cc1ccc(N=CN(C)C=NN)c(C)c1. The summed E-state index contributed by atoms with van der Waals surface area (Å²) in [5, 5.41) is 3.39. The minimum absolute atomic E-state index is 0.956. The Bertz CT molecular complexity index is 382. The first-order valence-corrected chi connectivity index (χ1v) is 4.70. The van der Waals surface area contributed by atoms with Gasteiger partial charge in [-0.1, -0.05) is 17.7 Å². The van der Waals surface area contributed by atoms with Crippen molar-refractivity contribution < 1.29 is 0 Å². The highest BCUT2D eigenvalue weighted by molar-refractivity contribution is 5.76. The average molecular weight is 204 g/mol. The van der Waals surface area contributed by atoms with Gasteiger partial charge in [-0.15, -0.1) is 0 Å². The number of aryl methyl sites for hydroxylation is 2. The third kappa shape index (κ3) is 3.42. The highest BCUT2D eigenvalue weighted by atomic mass is 15.2. The summed E-state index contributed by atoms with van der Waals surface area (Å²) >= 11 is 0. The Morgan fingerprint density at radius 2 is 2.00 bits per heavy atom. The van der Waals surface area contributed by atoms with Crippen molar-refractivity contribution in [2.24, 2.45) is 15.9 Å². The van der Waals surface area contributed by atoms with E-state index in [4.69, 9.17) is 5.84 Å². The van der Waals surface area contributed by atoms with E-state index >= 15 is 0 Å².